The molecule has 0 saturated heterocycles. The molecule has 2 aliphatic rings. The molecular formula is C20H17N3O7. The van der Waals surface area contributed by atoms with E-state index in [1.807, 2.05) is 0 Å². The number of hydrogen-bond donors (Lipinski definition) is 3. The topological polar surface area (TPSA) is 144 Å². The number of rotatable bonds is 5. The lowest BCUT2D eigenvalue weighted by Crippen LogP contribution is -2.49. The lowest BCUT2D eigenvalue weighted by atomic mass is 9.86. The van der Waals surface area contributed by atoms with Gasteiger partial charge in [0.2, 0.25) is 5.91 Å². The molecule has 5 amide bonds. The highest BCUT2D eigenvalue weighted by atomic mass is 16.3. The smallest absolute Gasteiger partial charge is 0.261 e. The quantitative estimate of drug-likeness (QED) is 0.543. The summed E-state index contributed by atoms with van der Waals surface area (Å²) in [6.07, 6.45) is 0. The van der Waals surface area contributed by atoms with Crippen LogP contribution in [0.4, 0.5) is 0 Å². The van der Waals surface area contributed by atoms with Crippen LogP contribution in [0.25, 0.3) is 10.8 Å². The summed E-state index contributed by atoms with van der Waals surface area (Å²) in [6, 6.07) is 4.73. The zero-order chi connectivity index (χ0) is 21.7. The number of benzene rings is 2. The minimum Gasteiger partial charge on any atom is -0.394 e. The first-order valence-corrected chi connectivity index (χ1v) is 9.09. The largest absolute Gasteiger partial charge is 0.394 e. The molecule has 0 fully saturated rings. The van der Waals surface area contributed by atoms with Crippen LogP contribution in [-0.2, 0) is 4.79 Å². The number of aliphatic hydroxyl groups is 2. The van der Waals surface area contributed by atoms with Gasteiger partial charge in [-0.05, 0) is 24.3 Å². The van der Waals surface area contributed by atoms with Crippen LogP contribution in [-0.4, -0.2) is 82.4 Å². The first-order valence-electron chi connectivity index (χ1n) is 9.09. The maximum Gasteiger partial charge on any atom is 0.261 e. The van der Waals surface area contributed by atoms with Crippen LogP contribution in [0.2, 0.25) is 0 Å². The summed E-state index contributed by atoms with van der Waals surface area (Å²) < 4.78 is 0. The van der Waals surface area contributed by atoms with Gasteiger partial charge in [-0.1, -0.05) is 0 Å². The molecule has 0 radical (unpaired) electrons. The van der Waals surface area contributed by atoms with Gasteiger partial charge in [-0.25, -0.2) is 0 Å². The number of carbonyl (C=O) groups is 5. The van der Waals surface area contributed by atoms with Crippen molar-refractivity contribution in [2.45, 2.75) is 6.04 Å². The molecule has 0 atom stereocenters. The van der Waals surface area contributed by atoms with E-state index in [-0.39, 0.29) is 33.0 Å². The van der Waals surface area contributed by atoms with E-state index in [0.29, 0.717) is 0 Å². The van der Waals surface area contributed by atoms with E-state index in [0.717, 1.165) is 9.80 Å². The van der Waals surface area contributed by atoms with E-state index in [9.17, 15) is 24.0 Å². The lowest BCUT2D eigenvalue weighted by molar-refractivity contribution is -0.122. The predicted octanol–water partition coefficient (Wildman–Crippen LogP) is -0.869. The Bertz CT molecular complexity index is 1080. The van der Waals surface area contributed by atoms with Crippen molar-refractivity contribution in [3.63, 3.8) is 0 Å². The fourth-order valence-electron chi connectivity index (χ4n) is 3.75. The summed E-state index contributed by atoms with van der Waals surface area (Å²) in [5.74, 6) is -3.27. The van der Waals surface area contributed by atoms with Crippen molar-refractivity contribution in [2.75, 3.05) is 26.8 Å². The second kappa shape index (κ2) is 7.01. The molecule has 30 heavy (non-hydrogen) atoms. The number of nitrogens with one attached hydrogen (secondary N) is 1. The Balaban J connectivity index is 1.79. The maximum absolute atomic E-state index is 13.0. The first-order chi connectivity index (χ1) is 14.3. The standard InChI is InChI=1S/C20H17N3O7/c1-22-17(27)10-2-4-12-16-13(5-3-11(15(10)16)18(22)28)20(30)23(19(12)29)6-14(26)21-9(7-24)8-25/h2-5,9,24-25H,6-8H2,1H3,(H,21,26). The van der Waals surface area contributed by atoms with Gasteiger partial charge in [-0.3, -0.25) is 33.8 Å². The van der Waals surface area contributed by atoms with Crippen molar-refractivity contribution in [3.8, 4) is 0 Å². The van der Waals surface area contributed by atoms with Crippen LogP contribution in [0.5, 0.6) is 0 Å². The maximum atomic E-state index is 13.0. The summed E-state index contributed by atoms with van der Waals surface area (Å²) >= 11 is 0. The van der Waals surface area contributed by atoms with E-state index < -0.39 is 55.3 Å². The second-order valence-corrected chi connectivity index (χ2v) is 7.07. The Morgan fingerprint density at radius 1 is 0.833 bits per heavy atom. The molecular weight excluding hydrogens is 394 g/mol. The van der Waals surface area contributed by atoms with E-state index in [2.05, 4.69) is 5.32 Å². The van der Waals surface area contributed by atoms with Gasteiger partial charge >= 0.3 is 0 Å². The highest BCUT2D eigenvalue weighted by Crippen LogP contribution is 2.37. The van der Waals surface area contributed by atoms with Gasteiger partial charge in [0.1, 0.15) is 6.54 Å². The molecule has 0 aliphatic carbocycles. The second-order valence-electron chi connectivity index (χ2n) is 7.07. The number of aliphatic hydroxyl groups excluding tert-OH is 2. The van der Waals surface area contributed by atoms with E-state index in [1.54, 1.807) is 0 Å². The molecule has 10 heteroatoms. The van der Waals surface area contributed by atoms with Crippen molar-refractivity contribution in [1.29, 1.82) is 0 Å². The average Bonchev–Trinajstić information content (AvgIpc) is 2.75. The van der Waals surface area contributed by atoms with Crippen molar-refractivity contribution < 1.29 is 34.2 Å². The Morgan fingerprint density at radius 3 is 1.63 bits per heavy atom. The Kier molecular flexibility index (Phi) is 4.60. The third-order valence-corrected chi connectivity index (χ3v) is 5.29. The molecule has 0 saturated carbocycles. The van der Waals surface area contributed by atoms with E-state index in [1.165, 1.54) is 31.3 Å². The van der Waals surface area contributed by atoms with Crippen LogP contribution >= 0.6 is 0 Å². The molecule has 4 rings (SSSR count). The van der Waals surface area contributed by atoms with Crippen molar-refractivity contribution in [1.82, 2.24) is 15.1 Å². The molecule has 2 aromatic carbocycles. The van der Waals surface area contributed by atoms with E-state index in [4.69, 9.17) is 10.2 Å². The Labute approximate surface area is 169 Å². The molecule has 0 aromatic heterocycles. The predicted molar refractivity (Wildman–Crippen MR) is 102 cm³/mol. The minimum absolute atomic E-state index is 0.101. The summed E-state index contributed by atoms with van der Waals surface area (Å²) in [5, 5.41) is 21.0. The highest BCUT2D eigenvalue weighted by molar-refractivity contribution is 6.33. The molecule has 0 bridgehead atoms. The van der Waals surface area contributed by atoms with Crippen LogP contribution < -0.4 is 5.32 Å². The highest BCUT2D eigenvalue weighted by Gasteiger charge is 2.39. The molecule has 0 unspecified atom stereocenters. The van der Waals surface area contributed by atoms with Crippen molar-refractivity contribution in [2.24, 2.45) is 0 Å². The fraction of sp³-hybridized carbons (Fsp3) is 0.250. The van der Waals surface area contributed by atoms with Gasteiger partial charge in [-0.2, -0.15) is 0 Å². The molecule has 2 aromatic rings. The zero-order valence-electron chi connectivity index (χ0n) is 15.8. The molecule has 10 nitrogen and oxygen atoms in total. The summed E-state index contributed by atoms with van der Waals surface area (Å²) in [6.45, 7) is -1.62. The Hall–Kier alpha value is -3.63. The zero-order valence-corrected chi connectivity index (χ0v) is 15.8. The van der Waals surface area contributed by atoms with Gasteiger partial charge in [0.15, 0.2) is 0 Å². The lowest BCUT2D eigenvalue weighted by Gasteiger charge is -2.30. The number of amides is 5. The monoisotopic (exact) mass is 411 g/mol. The summed E-state index contributed by atoms with van der Waals surface area (Å²) in [7, 11) is 1.36. The van der Waals surface area contributed by atoms with Crippen molar-refractivity contribution in [3.05, 3.63) is 46.5 Å². The molecule has 3 N–H and O–H groups in total. The van der Waals surface area contributed by atoms with Crippen LogP contribution in [0, 0.1) is 0 Å². The molecule has 0 spiro atoms. The normalized spacial score (nSPS) is 15.5. The van der Waals surface area contributed by atoms with Crippen LogP contribution in [0.1, 0.15) is 41.4 Å². The SMILES string of the molecule is CN1C(=O)c2ccc3c4c(ccc(c24)C1=O)C(=O)N(CC(=O)NC(CO)CO)C3=O. The van der Waals surface area contributed by atoms with Gasteiger partial charge in [0.05, 0.1) is 19.3 Å². The third-order valence-electron chi connectivity index (χ3n) is 5.29. The fourth-order valence-corrected chi connectivity index (χ4v) is 3.75. The number of hydrogen-bond acceptors (Lipinski definition) is 7. The minimum atomic E-state index is -0.916. The van der Waals surface area contributed by atoms with Gasteiger partial charge < -0.3 is 15.5 Å². The van der Waals surface area contributed by atoms with Gasteiger partial charge in [0.25, 0.3) is 23.6 Å². The summed E-state index contributed by atoms with van der Waals surface area (Å²) in [5.41, 5.74) is 0.634. The molecule has 2 aliphatic heterocycles. The van der Waals surface area contributed by atoms with Gasteiger partial charge in [-0.15, -0.1) is 0 Å². The molecule has 2 heterocycles. The van der Waals surface area contributed by atoms with Crippen LogP contribution in [0.3, 0.4) is 0 Å². The number of imide groups is 2. The van der Waals surface area contributed by atoms with Crippen LogP contribution in [0.15, 0.2) is 24.3 Å². The van der Waals surface area contributed by atoms with Gasteiger partial charge in [0, 0.05) is 40.1 Å². The third kappa shape index (κ3) is 2.69. The summed E-state index contributed by atoms with van der Waals surface area (Å²) in [4.78, 5) is 64.9. The van der Waals surface area contributed by atoms with E-state index >= 15 is 0 Å². The molecule has 154 valence electrons. The number of nitrogens with zero attached hydrogens (tertiary/aromatic N) is 2. The number of carbonyl (C=O) groups excluding carboxylic acids is 5. The first kappa shape index (κ1) is 19.7. The Morgan fingerprint density at radius 2 is 1.23 bits per heavy atom. The van der Waals surface area contributed by atoms with Crippen molar-refractivity contribution >= 4 is 40.3 Å². The average molecular weight is 411 g/mol.